The molecule has 0 aliphatic carbocycles. The molecule has 7 nitrogen and oxygen atoms in total. The maximum Gasteiger partial charge on any atom is 0.214 e. The third kappa shape index (κ3) is 3.42. The van der Waals surface area contributed by atoms with Gasteiger partial charge in [-0.2, -0.15) is 4.37 Å². The fraction of sp³-hybridized carbons (Fsp3) is 0.647. The summed E-state index contributed by atoms with van der Waals surface area (Å²) < 4.78 is 6.35. The van der Waals surface area contributed by atoms with Crippen LogP contribution in [0.25, 0.3) is 4.96 Å². The van der Waals surface area contributed by atoms with Crippen molar-refractivity contribution in [2.75, 3.05) is 36.0 Å². The van der Waals surface area contributed by atoms with E-state index in [2.05, 4.69) is 53.0 Å². The van der Waals surface area contributed by atoms with E-state index in [-0.39, 0.29) is 5.41 Å². The Morgan fingerprint density at radius 1 is 1.04 bits per heavy atom. The molecule has 4 heterocycles. The van der Waals surface area contributed by atoms with E-state index < -0.39 is 0 Å². The van der Waals surface area contributed by atoms with Gasteiger partial charge in [0.2, 0.25) is 15.2 Å². The molecule has 0 radical (unpaired) electrons. The summed E-state index contributed by atoms with van der Waals surface area (Å²) >= 11 is 3.19. The second-order valence-electron chi connectivity index (χ2n) is 7.66. The van der Waals surface area contributed by atoms with Gasteiger partial charge in [-0.25, -0.2) is 14.5 Å². The summed E-state index contributed by atoms with van der Waals surface area (Å²) in [6.07, 6.45) is 4.05. The van der Waals surface area contributed by atoms with Gasteiger partial charge in [-0.05, 0) is 6.42 Å². The number of fused-ring (bicyclic) bond motifs is 1. The second kappa shape index (κ2) is 6.77. The Morgan fingerprint density at radius 2 is 1.77 bits per heavy atom. The van der Waals surface area contributed by atoms with Crippen LogP contribution < -0.4 is 9.80 Å². The SMILES string of the molecule is CCc1nsc(N2CCCN(c3nn4cc(C(C)(C)C)nc4s3)CC2)n1. The second-order valence-corrected chi connectivity index (χ2v) is 9.33. The third-order valence-corrected chi connectivity index (χ3v) is 6.41. The zero-order chi connectivity index (χ0) is 18.3. The lowest BCUT2D eigenvalue weighted by Crippen LogP contribution is -2.30. The van der Waals surface area contributed by atoms with Crippen molar-refractivity contribution in [2.45, 2.75) is 46.0 Å². The first kappa shape index (κ1) is 17.7. The summed E-state index contributed by atoms with van der Waals surface area (Å²) in [7, 11) is 0. The van der Waals surface area contributed by atoms with Crippen LogP contribution in [0.15, 0.2) is 6.20 Å². The monoisotopic (exact) mass is 391 g/mol. The van der Waals surface area contributed by atoms with Crippen LogP contribution in [-0.4, -0.2) is 50.1 Å². The maximum atomic E-state index is 4.78. The Hall–Kier alpha value is -1.74. The van der Waals surface area contributed by atoms with Gasteiger partial charge in [0.05, 0.1) is 11.9 Å². The van der Waals surface area contributed by atoms with E-state index in [1.165, 1.54) is 11.5 Å². The Balaban J connectivity index is 1.48. The van der Waals surface area contributed by atoms with Gasteiger partial charge in [0.15, 0.2) is 0 Å². The molecule has 1 saturated heterocycles. The molecule has 0 aromatic carbocycles. The molecule has 1 aliphatic rings. The van der Waals surface area contributed by atoms with Crippen LogP contribution in [0.2, 0.25) is 0 Å². The predicted octanol–water partition coefficient (Wildman–Crippen LogP) is 3.22. The normalized spacial score (nSPS) is 16.5. The average molecular weight is 392 g/mol. The fourth-order valence-electron chi connectivity index (χ4n) is 3.00. The van der Waals surface area contributed by atoms with Crippen molar-refractivity contribution in [3.05, 3.63) is 17.7 Å². The van der Waals surface area contributed by atoms with Gasteiger partial charge < -0.3 is 9.80 Å². The standard InChI is InChI=1S/C17H25N7S2/c1-5-13-19-14(26-21-13)22-7-6-8-23(10-9-22)16-20-24-11-12(17(2,3)4)18-15(24)25-16/h11H,5-10H2,1-4H3. The molecule has 1 aliphatic heterocycles. The van der Waals surface area contributed by atoms with E-state index in [0.29, 0.717) is 0 Å². The first-order valence-corrected chi connectivity index (χ1v) is 10.7. The number of aryl methyl sites for hydroxylation is 1. The number of anilines is 2. The molecule has 0 N–H and O–H groups in total. The average Bonchev–Trinajstić information content (AvgIpc) is 3.25. The van der Waals surface area contributed by atoms with Crippen LogP contribution in [-0.2, 0) is 11.8 Å². The highest BCUT2D eigenvalue weighted by molar-refractivity contribution is 7.20. The van der Waals surface area contributed by atoms with E-state index in [0.717, 1.165) is 65.8 Å². The first-order chi connectivity index (χ1) is 12.4. The van der Waals surface area contributed by atoms with Crippen molar-refractivity contribution in [3.8, 4) is 0 Å². The van der Waals surface area contributed by atoms with Crippen LogP contribution >= 0.6 is 22.9 Å². The molecule has 1 fully saturated rings. The number of imidazole rings is 1. The predicted molar refractivity (Wildman–Crippen MR) is 108 cm³/mol. The van der Waals surface area contributed by atoms with E-state index in [1.54, 1.807) is 11.3 Å². The van der Waals surface area contributed by atoms with Gasteiger partial charge in [0, 0.05) is 49.5 Å². The zero-order valence-electron chi connectivity index (χ0n) is 15.8. The molecule has 4 rings (SSSR count). The topological polar surface area (TPSA) is 62.5 Å². The Kier molecular flexibility index (Phi) is 4.60. The molecule has 0 unspecified atom stereocenters. The van der Waals surface area contributed by atoms with Gasteiger partial charge in [0.25, 0.3) is 0 Å². The lowest BCUT2D eigenvalue weighted by molar-refractivity contribution is 0.572. The Morgan fingerprint density at radius 3 is 2.38 bits per heavy atom. The van der Waals surface area contributed by atoms with Crippen LogP contribution in [0, 0.1) is 0 Å². The van der Waals surface area contributed by atoms with Crippen molar-refractivity contribution in [3.63, 3.8) is 0 Å². The van der Waals surface area contributed by atoms with Gasteiger partial charge >= 0.3 is 0 Å². The van der Waals surface area contributed by atoms with Gasteiger partial charge in [-0.15, -0.1) is 5.10 Å². The lowest BCUT2D eigenvalue weighted by Gasteiger charge is -2.20. The fourth-order valence-corrected chi connectivity index (χ4v) is 4.73. The molecule has 3 aromatic heterocycles. The van der Waals surface area contributed by atoms with Crippen molar-refractivity contribution < 1.29 is 0 Å². The minimum Gasteiger partial charge on any atom is -0.345 e. The van der Waals surface area contributed by atoms with Crippen molar-refractivity contribution in [2.24, 2.45) is 0 Å². The quantitative estimate of drug-likeness (QED) is 0.683. The smallest absolute Gasteiger partial charge is 0.214 e. The molecular weight excluding hydrogens is 366 g/mol. The molecule has 3 aromatic rings. The van der Waals surface area contributed by atoms with Crippen LogP contribution in [0.3, 0.4) is 0 Å². The molecule has 0 bridgehead atoms. The zero-order valence-corrected chi connectivity index (χ0v) is 17.4. The molecule has 0 saturated carbocycles. The highest BCUT2D eigenvalue weighted by Gasteiger charge is 2.23. The lowest BCUT2D eigenvalue weighted by atomic mass is 9.93. The largest absolute Gasteiger partial charge is 0.345 e. The summed E-state index contributed by atoms with van der Waals surface area (Å²) in [6.45, 7) is 12.6. The van der Waals surface area contributed by atoms with E-state index >= 15 is 0 Å². The van der Waals surface area contributed by atoms with Crippen LogP contribution in [0.4, 0.5) is 10.3 Å². The maximum absolute atomic E-state index is 4.78. The molecule has 0 atom stereocenters. The van der Waals surface area contributed by atoms with E-state index in [1.807, 2.05) is 4.52 Å². The highest BCUT2D eigenvalue weighted by atomic mass is 32.1. The summed E-state index contributed by atoms with van der Waals surface area (Å²) in [6, 6.07) is 0. The van der Waals surface area contributed by atoms with Gasteiger partial charge in [-0.3, -0.25) is 0 Å². The summed E-state index contributed by atoms with van der Waals surface area (Å²) in [5.41, 5.74) is 1.14. The van der Waals surface area contributed by atoms with Crippen molar-refractivity contribution >= 4 is 38.1 Å². The molecule has 0 amide bonds. The summed E-state index contributed by atoms with van der Waals surface area (Å²) in [5.74, 6) is 0.946. The first-order valence-electron chi connectivity index (χ1n) is 9.13. The molecule has 140 valence electrons. The third-order valence-electron chi connectivity index (χ3n) is 4.61. The number of hydrogen-bond donors (Lipinski definition) is 0. The van der Waals surface area contributed by atoms with E-state index in [9.17, 15) is 0 Å². The number of aromatic nitrogens is 5. The van der Waals surface area contributed by atoms with Crippen LogP contribution in [0.5, 0.6) is 0 Å². The van der Waals surface area contributed by atoms with Crippen molar-refractivity contribution in [1.82, 2.24) is 24.0 Å². The number of rotatable bonds is 3. The molecule has 26 heavy (non-hydrogen) atoms. The summed E-state index contributed by atoms with van der Waals surface area (Å²) in [4.78, 5) is 15.1. The Labute approximate surface area is 161 Å². The minimum absolute atomic E-state index is 0.0514. The van der Waals surface area contributed by atoms with Crippen LogP contribution in [0.1, 0.15) is 45.6 Å². The molecule has 9 heteroatoms. The number of hydrogen-bond acceptors (Lipinski definition) is 8. The van der Waals surface area contributed by atoms with Gasteiger partial charge in [0.1, 0.15) is 5.82 Å². The minimum atomic E-state index is 0.0514. The van der Waals surface area contributed by atoms with Gasteiger partial charge in [-0.1, -0.05) is 39.0 Å². The van der Waals surface area contributed by atoms with E-state index in [4.69, 9.17) is 10.1 Å². The number of nitrogens with zero attached hydrogens (tertiary/aromatic N) is 7. The molecular formula is C17H25N7S2. The Bertz CT molecular complexity index is 857. The summed E-state index contributed by atoms with van der Waals surface area (Å²) in [5, 5.41) is 6.89. The van der Waals surface area contributed by atoms with Crippen molar-refractivity contribution in [1.29, 1.82) is 0 Å². The molecule has 0 spiro atoms. The highest BCUT2D eigenvalue weighted by Crippen LogP contribution is 2.28.